The van der Waals surface area contributed by atoms with E-state index in [2.05, 4.69) is 0 Å². The molecule has 15 heavy (non-hydrogen) atoms. The van der Waals surface area contributed by atoms with Crippen molar-refractivity contribution in [3.05, 3.63) is 0 Å². The number of alkyl halides is 3. The molecule has 0 saturated heterocycles. The third-order valence-corrected chi connectivity index (χ3v) is 2.16. The van der Waals surface area contributed by atoms with E-state index in [1.807, 2.05) is 0 Å². The summed E-state index contributed by atoms with van der Waals surface area (Å²) in [7, 11) is 0. The third-order valence-electron chi connectivity index (χ3n) is 2.16. The monoisotopic (exact) mass is 228 g/mol. The minimum atomic E-state index is -4.27. The summed E-state index contributed by atoms with van der Waals surface area (Å²) in [5, 5.41) is 8.71. The molecule has 0 aromatic heterocycles. The van der Waals surface area contributed by atoms with Crippen molar-refractivity contribution in [1.29, 1.82) is 0 Å². The van der Waals surface area contributed by atoms with E-state index in [1.54, 1.807) is 6.92 Å². The van der Waals surface area contributed by atoms with Crippen LogP contribution in [0.4, 0.5) is 13.2 Å². The predicted molar refractivity (Wildman–Crippen MR) is 52.5 cm³/mol. The lowest BCUT2D eigenvalue weighted by Crippen LogP contribution is -2.48. The zero-order valence-electron chi connectivity index (χ0n) is 8.93. The van der Waals surface area contributed by atoms with Crippen molar-refractivity contribution < 1.29 is 18.3 Å². The fourth-order valence-electron chi connectivity index (χ4n) is 1.55. The standard InChI is InChI=1S/C9H19F3N2O/c1-2-5-14(6-7-15)8(3-4-13)9(10,11)12/h8,15H,2-7,13H2,1H3. The lowest BCUT2D eigenvalue weighted by molar-refractivity contribution is -0.186. The highest BCUT2D eigenvalue weighted by Crippen LogP contribution is 2.26. The zero-order valence-corrected chi connectivity index (χ0v) is 8.93. The fraction of sp³-hybridized carbons (Fsp3) is 1.00. The molecule has 0 amide bonds. The second-order valence-corrected chi connectivity index (χ2v) is 3.39. The average Bonchev–Trinajstić information content (AvgIpc) is 2.12. The normalized spacial score (nSPS) is 14.6. The Morgan fingerprint density at radius 2 is 1.93 bits per heavy atom. The molecule has 0 aromatic carbocycles. The molecular weight excluding hydrogens is 209 g/mol. The molecule has 3 N–H and O–H groups in total. The molecule has 0 fully saturated rings. The van der Waals surface area contributed by atoms with Crippen LogP contribution in [-0.2, 0) is 0 Å². The van der Waals surface area contributed by atoms with Gasteiger partial charge in [-0.2, -0.15) is 13.2 Å². The average molecular weight is 228 g/mol. The molecule has 0 aliphatic heterocycles. The Bertz CT molecular complexity index is 158. The van der Waals surface area contributed by atoms with Gasteiger partial charge in [0.1, 0.15) is 6.04 Å². The fourth-order valence-corrected chi connectivity index (χ4v) is 1.55. The molecule has 0 rings (SSSR count). The maximum absolute atomic E-state index is 12.6. The molecule has 0 saturated carbocycles. The highest BCUT2D eigenvalue weighted by molar-refractivity contribution is 4.79. The van der Waals surface area contributed by atoms with Gasteiger partial charge in [0.2, 0.25) is 0 Å². The first kappa shape index (κ1) is 14.7. The molecule has 92 valence electrons. The van der Waals surface area contributed by atoms with Crippen LogP contribution < -0.4 is 5.73 Å². The largest absolute Gasteiger partial charge is 0.404 e. The quantitative estimate of drug-likeness (QED) is 0.682. The van der Waals surface area contributed by atoms with Crippen LogP contribution in [0.2, 0.25) is 0 Å². The van der Waals surface area contributed by atoms with Gasteiger partial charge in [-0.25, -0.2) is 0 Å². The number of hydrogen-bond donors (Lipinski definition) is 2. The van der Waals surface area contributed by atoms with Crippen LogP contribution in [0.1, 0.15) is 19.8 Å². The Hall–Kier alpha value is -0.330. The molecule has 6 heteroatoms. The van der Waals surface area contributed by atoms with Crippen molar-refractivity contribution in [1.82, 2.24) is 4.90 Å². The molecule has 1 atom stereocenters. The number of aliphatic hydroxyl groups is 1. The van der Waals surface area contributed by atoms with E-state index < -0.39 is 12.2 Å². The Kier molecular flexibility index (Phi) is 6.87. The number of hydrogen-bond acceptors (Lipinski definition) is 3. The molecule has 0 aliphatic carbocycles. The van der Waals surface area contributed by atoms with Crippen molar-refractivity contribution >= 4 is 0 Å². The van der Waals surface area contributed by atoms with Gasteiger partial charge in [-0.3, -0.25) is 4.90 Å². The zero-order chi connectivity index (χ0) is 11.9. The van der Waals surface area contributed by atoms with Gasteiger partial charge < -0.3 is 10.8 Å². The number of rotatable bonds is 7. The van der Waals surface area contributed by atoms with Crippen molar-refractivity contribution in [3.8, 4) is 0 Å². The summed E-state index contributed by atoms with van der Waals surface area (Å²) in [6.07, 6.45) is -3.77. The first-order chi connectivity index (χ1) is 6.97. The highest BCUT2D eigenvalue weighted by atomic mass is 19.4. The number of halogens is 3. The minimum Gasteiger partial charge on any atom is -0.395 e. The van der Waals surface area contributed by atoms with Crippen LogP contribution in [0.5, 0.6) is 0 Å². The molecule has 0 heterocycles. The Balaban J connectivity index is 4.51. The summed E-state index contributed by atoms with van der Waals surface area (Å²) in [5.74, 6) is 0. The first-order valence-corrected chi connectivity index (χ1v) is 5.09. The Labute approximate surface area is 88.0 Å². The lowest BCUT2D eigenvalue weighted by Gasteiger charge is -2.32. The molecule has 0 aliphatic rings. The summed E-state index contributed by atoms with van der Waals surface area (Å²) >= 11 is 0. The lowest BCUT2D eigenvalue weighted by atomic mass is 10.1. The minimum absolute atomic E-state index is 0.00415. The van der Waals surface area contributed by atoms with Crippen LogP contribution in [0, 0.1) is 0 Å². The smallest absolute Gasteiger partial charge is 0.395 e. The van der Waals surface area contributed by atoms with Gasteiger partial charge in [0.25, 0.3) is 0 Å². The van der Waals surface area contributed by atoms with E-state index >= 15 is 0 Å². The van der Waals surface area contributed by atoms with E-state index in [1.165, 1.54) is 4.90 Å². The van der Waals surface area contributed by atoms with Crippen LogP contribution in [0.25, 0.3) is 0 Å². The molecule has 3 nitrogen and oxygen atoms in total. The number of nitrogens with zero attached hydrogens (tertiary/aromatic N) is 1. The van der Waals surface area contributed by atoms with Gasteiger partial charge in [-0.05, 0) is 25.9 Å². The Morgan fingerprint density at radius 3 is 2.27 bits per heavy atom. The van der Waals surface area contributed by atoms with Gasteiger partial charge in [0.15, 0.2) is 0 Å². The van der Waals surface area contributed by atoms with E-state index in [-0.39, 0.29) is 26.1 Å². The van der Waals surface area contributed by atoms with Crippen LogP contribution in [0.3, 0.4) is 0 Å². The van der Waals surface area contributed by atoms with Crippen molar-refractivity contribution in [3.63, 3.8) is 0 Å². The van der Waals surface area contributed by atoms with Gasteiger partial charge in [0.05, 0.1) is 6.61 Å². The van der Waals surface area contributed by atoms with Crippen LogP contribution in [-0.4, -0.2) is 48.5 Å². The molecule has 0 aromatic rings. The van der Waals surface area contributed by atoms with Gasteiger partial charge >= 0.3 is 6.18 Å². The molecular formula is C9H19F3N2O. The molecule has 0 bridgehead atoms. The molecule has 0 radical (unpaired) electrons. The highest BCUT2D eigenvalue weighted by Gasteiger charge is 2.42. The SMILES string of the molecule is CCCN(CCO)C(CCN)C(F)(F)F. The number of nitrogens with two attached hydrogens (primary N) is 1. The second kappa shape index (κ2) is 7.03. The Morgan fingerprint density at radius 1 is 1.33 bits per heavy atom. The third kappa shape index (κ3) is 5.34. The molecule has 1 unspecified atom stereocenters. The van der Waals surface area contributed by atoms with E-state index in [4.69, 9.17) is 10.8 Å². The van der Waals surface area contributed by atoms with Crippen LogP contribution >= 0.6 is 0 Å². The topological polar surface area (TPSA) is 49.5 Å². The maximum Gasteiger partial charge on any atom is 0.404 e. The summed E-state index contributed by atoms with van der Waals surface area (Å²) in [5.41, 5.74) is 5.17. The second-order valence-electron chi connectivity index (χ2n) is 3.39. The summed E-state index contributed by atoms with van der Waals surface area (Å²) < 4.78 is 37.9. The summed E-state index contributed by atoms with van der Waals surface area (Å²) in [4.78, 5) is 1.24. The van der Waals surface area contributed by atoms with E-state index in [9.17, 15) is 13.2 Å². The van der Waals surface area contributed by atoms with E-state index in [0.29, 0.717) is 13.0 Å². The van der Waals surface area contributed by atoms with Crippen molar-refractivity contribution in [2.24, 2.45) is 5.73 Å². The van der Waals surface area contributed by atoms with Gasteiger partial charge in [-0.1, -0.05) is 6.92 Å². The van der Waals surface area contributed by atoms with E-state index in [0.717, 1.165) is 0 Å². The predicted octanol–water partition coefficient (Wildman–Crippen LogP) is 0.970. The summed E-state index contributed by atoms with van der Waals surface area (Å²) in [6.45, 7) is 1.90. The maximum atomic E-state index is 12.6. The van der Waals surface area contributed by atoms with Crippen molar-refractivity contribution in [2.45, 2.75) is 32.0 Å². The summed E-state index contributed by atoms with van der Waals surface area (Å²) in [6, 6.07) is -1.53. The molecule has 0 spiro atoms. The number of aliphatic hydroxyl groups excluding tert-OH is 1. The van der Waals surface area contributed by atoms with Gasteiger partial charge in [-0.15, -0.1) is 0 Å². The first-order valence-electron chi connectivity index (χ1n) is 5.09. The van der Waals surface area contributed by atoms with Crippen LogP contribution in [0.15, 0.2) is 0 Å². The van der Waals surface area contributed by atoms with Crippen molar-refractivity contribution in [2.75, 3.05) is 26.2 Å². The van der Waals surface area contributed by atoms with Gasteiger partial charge in [0, 0.05) is 6.54 Å².